The Kier molecular flexibility index (Phi) is 5.27. The molecule has 1 aromatic carbocycles. The third-order valence-corrected chi connectivity index (χ3v) is 6.36. The molecule has 0 bridgehead atoms. The zero-order valence-corrected chi connectivity index (χ0v) is 15.7. The first-order valence-corrected chi connectivity index (χ1v) is 10.1. The quantitative estimate of drug-likeness (QED) is 0.819. The van der Waals surface area contributed by atoms with Crippen molar-refractivity contribution in [2.45, 2.75) is 44.4 Å². The van der Waals surface area contributed by atoms with Crippen molar-refractivity contribution in [3.63, 3.8) is 0 Å². The molecule has 6 nitrogen and oxygen atoms in total. The Morgan fingerprint density at radius 3 is 2.56 bits per heavy atom. The lowest BCUT2D eigenvalue weighted by atomic mass is 10.0. The van der Waals surface area contributed by atoms with E-state index in [0.29, 0.717) is 19.6 Å². The molecule has 0 unspecified atom stereocenters. The summed E-state index contributed by atoms with van der Waals surface area (Å²) in [5, 5.41) is 4.11. The van der Waals surface area contributed by atoms with E-state index in [-0.39, 0.29) is 23.0 Å². The Balaban J connectivity index is 1.91. The Morgan fingerprint density at radius 1 is 1.24 bits per heavy atom. The summed E-state index contributed by atoms with van der Waals surface area (Å²) < 4.78 is 35.5. The standard InChI is InChI=1S/C18H25N3O3S/c1-4-20-11-16(10-19-20)25(22,23)21-12-17(14(2)3)24-18(13-21)15-8-6-5-7-9-15/h5-11,14,17-18H,4,12-13H2,1-3H3/t17-,18+/m1/s1. The van der Waals surface area contributed by atoms with E-state index in [1.807, 2.05) is 37.3 Å². The molecule has 0 saturated carbocycles. The minimum absolute atomic E-state index is 0.144. The van der Waals surface area contributed by atoms with Gasteiger partial charge in [0.1, 0.15) is 4.90 Å². The highest BCUT2D eigenvalue weighted by Gasteiger charge is 2.37. The van der Waals surface area contributed by atoms with Crippen LogP contribution in [-0.4, -0.2) is 41.7 Å². The molecule has 0 N–H and O–H groups in total. The van der Waals surface area contributed by atoms with Gasteiger partial charge in [-0.25, -0.2) is 8.42 Å². The first-order chi connectivity index (χ1) is 11.9. The second-order valence-electron chi connectivity index (χ2n) is 6.67. The van der Waals surface area contributed by atoms with E-state index >= 15 is 0 Å². The van der Waals surface area contributed by atoms with Gasteiger partial charge in [-0.15, -0.1) is 0 Å². The summed E-state index contributed by atoms with van der Waals surface area (Å²) in [6.45, 7) is 7.35. The van der Waals surface area contributed by atoms with Crippen molar-refractivity contribution in [3.05, 3.63) is 48.3 Å². The fraction of sp³-hybridized carbons (Fsp3) is 0.500. The van der Waals surface area contributed by atoms with E-state index in [1.165, 1.54) is 10.5 Å². The van der Waals surface area contributed by atoms with Gasteiger partial charge in [0, 0.05) is 25.8 Å². The number of rotatable bonds is 5. The first-order valence-electron chi connectivity index (χ1n) is 8.64. The van der Waals surface area contributed by atoms with Crippen molar-refractivity contribution in [2.24, 2.45) is 5.92 Å². The summed E-state index contributed by atoms with van der Waals surface area (Å²) in [5.74, 6) is 0.225. The second-order valence-corrected chi connectivity index (χ2v) is 8.61. The molecule has 7 heteroatoms. The summed E-state index contributed by atoms with van der Waals surface area (Å²) in [7, 11) is -3.59. The van der Waals surface area contributed by atoms with Crippen LogP contribution in [0.15, 0.2) is 47.6 Å². The van der Waals surface area contributed by atoms with Gasteiger partial charge in [0.2, 0.25) is 10.0 Å². The number of aryl methyl sites for hydroxylation is 1. The van der Waals surface area contributed by atoms with Crippen LogP contribution in [0.2, 0.25) is 0 Å². The van der Waals surface area contributed by atoms with Gasteiger partial charge in [-0.2, -0.15) is 9.40 Å². The molecule has 1 aliphatic rings. The van der Waals surface area contributed by atoms with E-state index in [9.17, 15) is 8.42 Å². The lowest BCUT2D eigenvalue weighted by Gasteiger charge is -2.39. The smallest absolute Gasteiger partial charge is 0.246 e. The molecule has 1 fully saturated rings. The van der Waals surface area contributed by atoms with Crippen molar-refractivity contribution in [1.29, 1.82) is 0 Å². The van der Waals surface area contributed by atoms with Crippen molar-refractivity contribution in [3.8, 4) is 0 Å². The number of morpholine rings is 1. The second kappa shape index (κ2) is 7.27. The van der Waals surface area contributed by atoms with Gasteiger partial charge in [-0.1, -0.05) is 44.2 Å². The van der Waals surface area contributed by atoms with Crippen molar-refractivity contribution >= 4 is 10.0 Å². The molecule has 1 aliphatic heterocycles. The topological polar surface area (TPSA) is 64.4 Å². The van der Waals surface area contributed by atoms with E-state index < -0.39 is 10.0 Å². The number of hydrogen-bond acceptors (Lipinski definition) is 4. The third kappa shape index (κ3) is 3.78. The Morgan fingerprint density at radius 2 is 1.96 bits per heavy atom. The maximum Gasteiger partial charge on any atom is 0.246 e. The van der Waals surface area contributed by atoms with Crippen LogP contribution >= 0.6 is 0 Å². The largest absolute Gasteiger partial charge is 0.367 e. The fourth-order valence-electron chi connectivity index (χ4n) is 2.97. The van der Waals surface area contributed by atoms with E-state index in [2.05, 4.69) is 18.9 Å². The van der Waals surface area contributed by atoms with Gasteiger partial charge in [0.25, 0.3) is 0 Å². The molecule has 2 heterocycles. The molecule has 2 atom stereocenters. The Bertz CT molecular complexity index is 802. The van der Waals surface area contributed by atoms with Gasteiger partial charge < -0.3 is 4.74 Å². The predicted octanol–water partition coefficient (Wildman–Crippen LogP) is 2.69. The molecule has 1 aromatic heterocycles. The highest BCUT2D eigenvalue weighted by molar-refractivity contribution is 7.89. The molecule has 2 aromatic rings. The van der Waals surface area contributed by atoms with Gasteiger partial charge >= 0.3 is 0 Å². The van der Waals surface area contributed by atoms with E-state index in [0.717, 1.165) is 5.56 Å². The number of nitrogens with zero attached hydrogens (tertiary/aromatic N) is 3. The van der Waals surface area contributed by atoms with Crippen molar-refractivity contribution in [1.82, 2.24) is 14.1 Å². The first kappa shape index (κ1) is 18.1. The highest BCUT2D eigenvalue weighted by atomic mass is 32.2. The lowest BCUT2D eigenvalue weighted by Crippen LogP contribution is -2.48. The summed E-state index contributed by atoms with van der Waals surface area (Å²) in [6.07, 6.45) is 2.61. The van der Waals surface area contributed by atoms with Crippen LogP contribution in [0.25, 0.3) is 0 Å². The van der Waals surface area contributed by atoms with Crippen LogP contribution in [0.4, 0.5) is 0 Å². The molecule has 25 heavy (non-hydrogen) atoms. The number of ether oxygens (including phenoxy) is 1. The summed E-state index contributed by atoms with van der Waals surface area (Å²) >= 11 is 0. The minimum atomic E-state index is -3.59. The Labute approximate surface area is 149 Å². The highest BCUT2D eigenvalue weighted by Crippen LogP contribution is 2.31. The average Bonchev–Trinajstić information content (AvgIpc) is 3.12. The minimum Gasteiger partial charge on any atom is -0.367 e. The van der Waals surface area contributed by atoms with Gasteiger partial charge in [0.05, 0.1) is 18.4 Å². The maximum absolute atomic E-state index is 13.1. The van der Waals surface area contributed by atoms with E-state index in [1.54, 1.807) is 10.9 Å². The fourth-order valence-corrected chi connectivity index (χ4v) is 4.38. The number of benzene rings is 1. The average molecular weight is 363 g/mol. The monoisotopic (exact) mass is 363 g/mol. The van der Waals surface area contributed by atoms with Crippen molar-refractivity contribution < 1.29 is 13.2 Å². The number of hydrogen-bond donors (Lipinski definition) is 0. The van der Waals surface area contributed by atoms with Crippen LogP contribution in [0.3, 0.4) is 0 Å². The van der Waals surface area contributed by atoms with Gasteiger partial charge in [0.15, 0.2) is 0 Å². The number of aromatic nitrogens is 2. The van der Waals surface area contributed by atoms with Crippen molar-refractivity contribution in [2.75, 3.05) is 13.1 Å². The van der Waals surface area contributed by atoms with Crippen LogP contribution in [0.5, 0.6) is 0 Å². The normalized spacial score (nSPS) is 22.4. The molecule has 0 spiro atoms. The molecule has 136 valence electrons. The van der Waals surface area contributed by atoms with E-state index in [4.69, 9.17) is 4.74 Å². The lowest BCUT2D eigenvalue weighted by molar-refractivity contribution is -0.0847. The van der Waals surface area contributed by atoms with Crippen LogP contribution in [0.1, 0.15) is 32.4 Å². The maximum atomic E-state index is 13.1. The number of sulfonamides is 1. The SMILES string of the molecule is CCn1cc(S(=O)(=O)N2C[C@@H](c3ccccc3)O[C@@H](C(C)C)C2)cn1. The third-order valence-electron chi connectivity index (χ3n) is 4.58. The summed E-state index contributed by atoms with van der Waals surface area (Å²) in [6, 6.07) is 9.80. The van der Waals surface area contributed by atoms with Crippen LogP contribution in [0, 0.1) is 5.92 Å². The molecule has 0 radical (unpaired) electrons. The zero-order chi connectivity index (χ0) is 18.0. The van der Waals surface area contributed by atoms with Crippen LogP contribution < -0.4 is 0 Å². The molecule has 0 amide bonds. The van der Waals surface area contributed by atoms with Gasteiger partial charge in [-0.3, -0.25) is 4.68 Å². The zero-order valence-electron chi connectivity index (χ0n) is 14.9. The Hall–Kier alpha value is -1.70. The molecule has 3 rings (SSSR count). The summed E-state index contributed by atoms with van der Waals surface area (Å²) in [5.41, 5.74) is 0.998. The molecular formula is C18H25N3O3S. The molecule has 0 aliphatic carbocycles. The molecule has 1 saturated heterocycles. The predicted molar refractivity (Wildman–Crippen MR) is 95.6 cm³/mol. The van der Waals surface area contributed by atoms with Gasteiger partial charge in [-0.05, 0) is 18.4 Å². The molecular weight excluding hydrogens is 338 g/mol. The van der Waals surface area contributed by atoms with Crippen LogP contribution in [-0.2, 0) is 21.3 Å². The summed E-state index contributed by atoms with van der Waals surface area (Å²) in [4.78, 5) is 0.241.